The molecule has 0 N–H and O–H groups in total. The first-order valence-corrected chi connectivity index (χ1v) is 6.74. The van der Waals surface area contributed by atoms with Crippen LogP contribution in [0.2, 0.25) is 5.02 Å². The van der Waals surface area contributed by atoms with Crippen molar-refractivity contribution in [1.82, 2.24) is 4.90 Å². The van der Waals surface area contributed by atoms with Crippen molar-refractivity contribution in [2.45, 2.75) is 6.42 Å². The summed E-state index contributed by atoms with van der Waals surface area (Å²) in [7, 11) is 0. The van der Waals surface area contributed by atoms with Gasteiger partial charge in [0, 0.05) is 11.6 Å². The smallest absolute Gasteiger partial charge is 0.261 e. The van der Waals surface area contributed by atoms with Crippen LogP contribution in [0.15, 0.2) is 48.5 Å². The zero-order valence-electron chi connectivity index (χ0n) is 10.7. The second kappa shape index (κ2) is 5.10. The highest BCUT2D eigenvalue weighted by atomic mass is 35.5. The third-order valence-electron chi connectivity index (χ3n) is 3.40. The van der Waals surface area contributed by atoms with Crippen molar-refractivity contribution in [2.24, 2.45) is 0 Å². The molecule has 20 heavy (non-hydrogen) atoms. The summed E-state index contributed by atoms with van der Waals surface area (Å²) in [4.78, 5) is 25.7. The monoisotopic (exact) mass is 285 g/mol. The second-order valence-corrected chi connectivity index (χ2v) is 5.12. The van der Waals surface area contributed by atoms with E-state index in [2.05, 4.69) is 0 Å². The molecule has 0 aromatic heterocycles. The molecule has 1 heterocycles. The van der Waals surface area contributed by atoms with E-state index in [0.29, 0.717) is 29.1 Å². The van der Waals surface area contributed by atoms with Gasteiger partial charge in [-0.3, -0.25) is 14.5 Å². The van der Waals surface area contributed by atoms with Gasteiger partial charge in [0.15, 0.2) is 0 Å². The van der Waals surface area contributed by atoms with Crippen LogP contribution in [0.4, 0.5) is 0 Å². The Morgan fingerprint density at radius 2 is 1.60 bits per heavy atom. The Bertz CT molecular complexity index is 682. The molecule has 1 aliphatic heterocycles. The first kappa shape index (κ1) is 12.9. The first-order chi connectivity index (χ1) is 9.66. The van der Waals surface area contributed by atoms with Crippen LogP contribution in [0.3, 0.4) is 0 Å². The molecule has 0 saturated carbocycles. The van der Waals surface area contributed by atoms with Crippen LogP contribution in [-0.2, 0) is 6.42 Å². The Morgan fingerprint density at radius 1 is 0.900 bits per heavy atom. The van der Waals surface area contributed by atoms with Crippen molar-refractivity contribution < 1.29 is 9.59 Å². The summed E-state index contributed by atoms with van der Waals surface area (Å²) in [6.45, 7) is 0.383. The van der Waals surface area contributed by atoms with Crippen LogP contribution >= 0.6 is 11.6 Å². The predicted octanol–water partition coefficient (Wildman–Crippen LogP) is 3.18. The summed E-state index contributed by atoms with van der Waals surface area (Å²) in [5.74, 6) is -0.499. The van der Waals surface area contributed by atoms with Crippen LogP contribution in [0, 0.1) is 0 Å². The third kappa shape index (κ3) is 2.21. The van der Waals surface area contributed by atoms with Gasteiger partial charge in [0.2, 0.25) is 0 Å². The van der Waals surface area contributed by atoms with Crippen molar-refractivity contribution in [3.05, 3.63) is 70.2 Å². The van der Waals surface area contributed by atoms with Gasteiger partial charge < -0.3 is 0 Å². The fraction of sp³-hybridized carbons (Fsp3) is 0.125. The van der Waals surface area contributed by atoms with E-state index >= 15 is 0 Å². The number of hydrogen-bond donors (Lipinski definition) is 0. The quantitative estimate of drug-likeness (QED) is 0.812. The normalized spacial score (nSPS) is 13.8. The lowest BCUT2D eigenvalue weighted by Crippen LogP contribution is -2.31. The lowest BCUT2D eigenvalue weighted by atomic mass is 10.1. The van der Waals surface area contributed by atoms with Crippen LogP contribution in [0.1, 0.15) is 26.3 Å². The highest BCUT2D eigenvalue weighted by Crippen LogP contribution is 2.25. The van der Waals surface area contributed by atoms with Gasteiger partial charge in [0.1, 0.15) is 0 Å². The second-order valence-electron chi connectivity index (χ2n) is 4.69. The molecular weight excluding hydrogens is 274 g/mol. The predicted molar refractivity (Wildman–Crippen MR) is 77.0 cm³/mol. The summed E-state index contributed by atoms with van der Waals surface area (Å²) in [5.41, 5.74) is 1.94. The number of imide groups is 1. The fourth-order valence-corrected chi connectivity index (χ4v) is 2.52. The molecule has 0 saturated heterocycles. The van der Waals surface area contributed by atoms with Crippen LogP contribution in [0.5, 0.6) is 0 Å². The van der Waals surface area contributed by atoms with E-state index in [1.807, 2.05) is 30.3 Å². The summed E-state index contributed by atoms with van der Waals surface area (Å²) < 4.78 is 0. The number of rotatable bonds is 3. The average molecular weight is 286 g/mol. The Balaban J connectivity index is 1.80. The molecule has 0 spiro atoms. The number of fused-ring (bicyclic) bond motifs is 1. The minimum atomic E-state index is -0.261. The van der Waals surface area contributed by atoms with Crippen molar-refractivity contribution in [3.63, 3.8) is 0 Å². The van der Waals surface area contributed by atoms with Gasteiger partial charge in [0.25, 0.3) is 11.8 Å². The Labute approximate surface area is 121 Å². The maximum atomic E-state index is 12.2. The van der Waals surface area contributed by atoms with Gasteiger partial charge in [-0.25, -0.2) is 0 Å². The molecule has 100 valence electrons. The number of carbonyl (C=O) groups is 2. The highest BCUT2D eigenvalue weighted by molar-refractivity contribution is 6.32. The summed E-state index contributed by atoms with van der Waals surface area (Å²) in [5, 5.41) is 0.467. The lowest BCUT2D eigenvalue weighted by Gasteiger charge is -2.13. The molecule has 2 amide bonds. The van der Waals surface area contributed by atoms with Gasteiger partial charge in [-0.05, 0) is 30.2 Å². The van der Waals surface area contributed by atoms with E-state index in [9.17, 15) is 9.59 Å². The molecule has 4 heteroatoms. The van der Waals surface area contributed by atoms with Gasteiger partial charge in [0.05, 0.1) is 11.1 Å². The number of halogens is 1. The Morgan fingerprint density at radius 3 is 2.35 bits per heavy atom. The van der Waals surface area contributed by atoms with Gasteiger partial charge in [-0.1, -0.05) is 41.9 Å². The Hall–Kier alpha value is -2.13. The first-order valence-electron chi connectivity index (χ1n) is 6.36. The molecule has 0 bridgehead atoms. The van der Waals surface area contributed by atoms with E-state index < -0.39 is 0 Å². The Kier molecular flexibility index (Phi) is 3.28. The number of hydrogen-bond acceptors (Lipinski definition) is 2. The lowest BCUT2D eigenvalue weighted by molar-refractivity contribution is 0.0656. The zero-order chi connectivity index (χ0) is 14.1. The molecule has 3 rings (SSSR count). The molecule has 0 aliphatic carbocycles. The molecule has 0 fully saturated rings. The van der Waals surface area contributed by atoms with Crippen molar-refractivity contribution in [1.29, 1.82) is 0 Å². The van der Waals surface area contributed by atoms with E-state index in [1.54, 1.807) is 18.2 Å². The number of amides is 2. The van der Waals surface area contributed by atoms with Gasteiger partial charge in [-0.2, -0.15) is 0 Å². The minimum absolute atomic E-state index is 0.238. The maximum absolute atomic E-state index is 12.2. The molecule has 3 nitrogen and oxygen atoms in total. The molecule has 1 aliphatic rings. The van der Waals surface area contributed by atoms with Gasteiger partial charge in [-0.15, -0.1) is 0 Å². The number of carbonyl (C=O) groups excluding carboxylic acids is 2. The molecule has 2 aromatic rings. The average Bonchev–Trinajstić information content (AvgIpc) is 2.70. The maximum Gasteiger partial charge on any atom is 0.261 e. The van der Waals surface area contributed by atoms with E-state index in [4.69, 9.17) is 11.6 Å². The SMILES string of the molecule is O=C1c2ccc(Cl)cc2C(=O)N1CCc1ccccc1. The van der Waals surface area contributed by atoms with Crippen molar-refractivity contribution >= 4 is 23.4 Å². The van der Waals surface area contributed by atoms with Crippen molar-refractivity contribution in [2.75, 3.05) is 6.54 Å². The van der Waals surface area contributed by atoms with Crippen LogP contribution in [-0.4, -0.2) is 23.3 Å². The summed E-state index contributed by atoms with van der Waals surface area (Å²) in [6, 6.07) is 14.6. The molecule has 0 unspecified atom stereocenters. The third-order valence-corrected chi connectivity index (χ3v) is 3.63. The summed E-state index contributed by atoms with van der Waals surface area (Å²) in [6.07, 6.45) is 0.653. The van der Waals surface area contributed by atoms with E-state index in [0.717, 1.165) is 5.56 Å². The summed E-state index contributed by atoms with van der Waals surface area (Å²) >= 11 is 5.88. The highest BCUT2D eigenvalue weighted by Gasteiger charge is 2.35. The number of benzene rings is 2. The molecule has 2 aromatic carbocycles. The minimum Gasteiger partial charge on any atom is -0.274 e. The molecular formula is C16H12ClNO2. The molecule has 0 radical (unpaired) electrons. The standard InChI is InChI=1S/C16H12ClNO2/c17-12-6-7-13-14(10-12)16(20)18(15(13)19)9-8-11-4-2-1-3-5-11/h1-7,10H,8-9H2. The van der Waals surface area contributed by atoms with Crippen LogP contribution < -0.4 is 0 Å². The number of nitrogens with zero attached hydrogens (tertiary/aromatic N) is 1. The van der Waals surface area contributed by atoms with Gasteiger partial charge >= 0.3 is 0 Å². The van der Waals surface area contributed by atoms with E-state index in [1.165, 1.54) is 4.90 Å². The van der Waals surface area contributed by atoms with Crippen LogP contribution in [0.25, 0.3) is 0 Å². The largest absolute Gasteiger partial charge is 0.274 e. The molecule has 0 atom stereocenters. The topological polar surface area (TPSA) is 37.4 Å². The zero-order valence-corrected chi connectivity index (χ0v) is 11.4. The fourth-order valence-electron chi connectivity index (χ4n) is 2.35. The van der Waals surface area contributed by atoms with E-state index in [-0.39, 0.29) is 11.8 Å². The van der Waals surface area contributed by atoms with Crippen molar-refractivity contribution in [3.8, 4) is 0 Å².